The third kappa shape index (κ3) is 3.62. The topological polar surface area (TPSA) is 40.6 Å². The highest BCUT2D eigenvalue weighted by molar-refractivity contribution is 9.10. The number of alkyl halides is 1. The molecule has 106 valence electrons. The molecule has 1 aliphatic heterocycles. The zero-order chi connectivity index (χ0) is 14.0. The van der Waals surface area contributed by atoms with E-state index >= 15 is 0 Å². The second kappa shape index (κ2) is 5.99. The Labute approximate surface area is 127 Å². The third-order valence-corrected chi connectivity index (χ3v) is 5.32. The second-order valence-corrected chi connectivity index (χ2v) is 7.72. The standard InChI is InChI=1S/C12H16BrClN2O2S/c1-19(17,18)16-6-4-15(5-7-16)12-8-11(13)3-2-10(12)9-14/h2-3,8H,4-7,9H2,1H3. The maximum absolute atomic E-state index is 11.5. The van der Waals surface area contributed by atoms with E-state index in [1.165, 1.54) is 10.6 Å². The molecule has 1 aliphatic rings. The summed E-state index contributed by atoms with van der Waals surface area (Å²) in [6.45, 7) is 2.42. The molecule has 0 atom stereocenters. The van der Waals surface area contributed by atoms with Crippen molar-refractivity contribution < 1.29 is 8.42 Å². The quantitative estimate of drug-likeness (QED) is 0.770. The number of hydrogen-bond donors (Lipinski definition) is 0. The Bertz CT molecular complexity index is 557. The summed E-state index contributed by atoms with van der Waals surface area (Å²) in [6.07, 6.45) is 1.26. The van der Waals surface area contributed by atoms with Crippen LogP contribution >= 0.6 is 27.5 Å². The minimum absolute atomic E-state index is 0.453. The predicted molar refractivity (Wildman–Crippen MR) is 82.3 cm³/mol. The maximum Gasteiger partial charge on any atom is 0.211 e. The molecule has 1 aromatic rings. The van der Waals surface area contributed by atoms with E-state index in [4.69, 9.17) is 11.6 Å². The van der Waals surface area contributed by atoms with Crippen molar-refractivity contribution in [2.45, 2.75) is 5.88 Å². The van der Waals surface area contributed by atoms with Crippen molar-refractivity contribution in [3.63, 3.8) is 0 Å². The molecule has 1 heterocycles. The average molecular weight is 368 g/mol. The highest BCUT2D eigenvalue weighted by atomic mass is 79.9. The molecule has 19 heavy (non-hydrogen) atoms. The van der Waals surface area contributed by atoms with E-state index in [1.807, 2.05) is 18.2 Å². The van der Waals surface area contributed by atoms with Gasteiger partial charge in [0.2, 0.25) is 10.0 Å². The van der Waals surface area contributed by atoms with E-state index in [9.17, 15) is 8.42 Å². The summed E-state index contributed by atoms with van der Waals surface area (Å²) in [4.78, 5) is 2.18. The minimum Gasteiger partial charge on any atom is -0.369 e. The Morgan fingerprint density at radius 3 is 2.42 bits per heavy atom. The summed E-state index contributed by atoms with van der Waals surface area (Å²) in [5.41, 5.74) is 2.15. The molecule has 1 saturated heterocycles. The minimum atomic E-state index is -3.08. The number of nitrogens with zero attached hydrogens (tertiary/aromatic N) is 2. The van der Waals surface area contributed by atoms with Crippen LogP contribution in [0.4, 0.5) is 5.69 Å². The van der Waals surface area contributed by atoms with Gasteiger partial charge in [0.05, 0.1) is 6.26 Å². The van der Waals surface area contributed by atoms with Crippen LogP contribution in [0.15, 0.2) is 22.7 Å². The SMILES string of the molecule is CS(=O)(=O)N1CCN(c2cc(Br)ccc2CCl)CC1. The van der Waals surface area contributed by atoms with Gasteiger partial charge in [-0.2, -0.15) is 4.31 Å². The lowest BCUT2D eigenvalue weighted by molar-refractivity contribution is 0.388. The Morgan fingerprint density at radius 1 is 1.26 bits per heavy atom. The number of halogens is 2. The van der Waals surface area contributed by atoms with Gasteiger partial charge < -0.3 is 4.90 Å². The first-order chi connectivity index (χ1) is 8.91. The summed E-state index contributed by atoms with van der Waals surface area (Å²) in [6, 6.07) is 6.00. The molecule has 1 aromatic carbocycles. The summed E-state index contributed by atoms with van der Waals surface area (Å²) < 4.78 is 25.5. The average Bonchev–Trinajstić information content (AvgIpc) is 2.38. The van der Waals surface area contributed by atoms with Crippen molar-refractivity contribution in [1.82, 2.24) is 4.31 Å². The van der Waals surface area contributed by atoms with Gasteiger partial charge in [-0.3, -0.25) is 0 Å². The second-order valence-electron chi connectivity index (χ2n) is 4.56. The van der Waals surface area contributed by atoms with Crippen LogP contribution in [0.5, 0.6) is 0 Å². The van der Waals surface area contributed by atoms with E-state index in [-0.39, 0.29) is 0 Å². The molecule has 0 aromatic heterocycles. The van der Waals surface area contributed by atoms with Gasteiger partial charge in [-0.15, -0.1) is 11.6 Å². The maximum atomic E-state index is 11.5. The van der Waals surface area contributed by atoms with Gasteiger partial charge in [0, 0.05) is 42.2 Å². The van der Waals surface area contributed by atoms with Crippen molar-refractivity contribution in [2.75, 3.05) is 37.3 Å². The van der Waals surface area contributed by atoms with E-state index in [0.29, 0.717) is 32.1 Å². The molecule has 0 N–H and O–H groups in total. The molecule has 2 rings (SSSR count). The van der Waals surface area contributed by atoms with Crippen molar-refractivity contribution in [3.8, 4) is 0 Å². The smallest absolute Gasteiger partial charge is 0.211 e. The van der Waals surface area contributed by atoms with Crippen LogP contribution in [0, 0.1) is 0 Å². The van der Waals surface area contributed by atoms with Crippen LogP contribution in [0.2, 0.25) is 0 Å². The molecule has 7 heteroatoms. The summed E-state index contributed by atoms with van der Waals surface area (Å²) >= 11 is 9.42. The molecule has 4 nitrogen and oxygen atoms in total. The van der Waals surface area contributed by atoms with Gasteiger partial charge in [-0.1, -0.05) is 22.0 Å². The fraction of sp³-hybridized carbons (Fsp3) is 0.500. The first-order valence-electron chi connectivity index (χ1n) is 5.96. The van der Waals surface area contributed by atoms with Gasteiger partial charge in [-0.25, -0.2) is 8.42 Å². The molecular formula is C12H16BrClN2O2S. The van der Waals surface area contributed by atoms with E-state index in [2.05, 4.69) is 20.8 Å². The first-order valence-corrected chi connectivity index (χ1v) is 9.14. The zero-order valence-electron chi connectivity index (χ0n) is 10.6. The van der Waals surface area contributed by atoms with Crippen molar-refractivity contribution >= 4 is 43.2 Å². The Morgan fingerprint density at radius 2 is 1.89 bits per heavy atom. The zero-order valence-corrected chi connectivity index (χ0v) is 13.8. The van der Waals surface area contributed by atoms with Gasteiger partial charge in [0.25, 0.3) is 0 Å². The lowest BCUT2D eigenvalue weighted by atomic mass is 10.1. The number of hydrogen-bond acceptors (Lipinski definition) is 3. The van der Waals surface area contributed by atoms with Gasteiger partial charge in [-0.05, 0) is 17.7 Å². The van der Waals surface area contributed by atoms with Crippen LogP contribution in [0.3, 0.4) is 0 Å². The molecule has 0 radical (unpaired) electrons. The number of piperazine rings is 1. The number of rotatable bonds is 3. The van der Waals surface area contributed by atoms with Crippen molar-refractivity contribution in [3.05, 3.63) is 28.2 Å². The molecule has 0 bridgehead atoms. The van der Waals surface area contributed by atoms with E-state index in [1.54, 1.807) is 0 Å². The molecule has 0 unspecified atom stereocenters. The molecule has 0 saturated carbocycles. The largest absolute Gasteiger partial charge is 0.369 e. The normalized spacial score (nSPS) is 17.7. The summed E-state index contributed by atoms with van der Waals surface area (Å²) in [5.74, 6) is 0.453. The lowest BCUT2D eigenvalue weighted by Gasteiger charge is -2.35. The van der Waals surface area contributed by atoms with Crippen LogP contribution in [-0.2, 0) is 15.9 Å². The van der Waals surface area contributed by atoms with Crippen LogP contribution in [-0.4, -0.2) is 45.2 Å². The predicted octanol–water partition coefficient (Wildman–Crippen LogP) is 2.27. The van der Waals surface area contributed by atoms with E-state index < -0.39 is 10.0 Å². The Kier molecular flexibility index (Phi) is 4.76. The highest BCUT2D eigenvalue weighted by Gasteiger charge is 2.24. The molecule has 0 amide bonds. The van der Waals surface area contributed by atoms with Gasteiger partial charge in [0.15, 0.2) is 0 Å². The molecular weight excluding hydrogens is 352 g/mol. The molecule has 0 aliphatic carbocycles. The number of benzene rings is 1. The molecule has 0 spiro atoms. The van der Waals surface area contributed by atoms with Crippen molar-refractivity contribution in [2.24, 2.45) is 0 Å². The fourth-order valence-electron chi connectivity index (χ4n) is 2.21. The summed E-state index contributed by atoms with van der Waals surface area (Å²) in [7, 11) is -3.08. The monoisotopic (exact) mass is 366 g/mol. The van der Waals surface area contributed by atoms with Gasteiger partial charge in [0.1, 0.15) is 0 Å². The van der Waals surface area contributed by atoms with Crippen LogP contribution in [0.25, 0.3) is 0 Å². The van der Waals surface area contributed by atoms with Crippen molar-refractivity contribution in [1.29, 1.82) is 0 Å². The Balaban J connectivity index is 2.16. The van der Waals surface area contributed by atoms with Crippen LogP contribution < -0.4 is 4.90 Å². The van der Waals surface area contributed by atoms with Gasteiger partial charge >= 0.3 is 0 Å². The number of anilines is 1. The Hall–Kier alpha value is -0.300. The van der Waals surface area contributed by atoms with Crippen LogP contribution in [0.1, 0.15) is 5.56 Å². The first kappa shape index (κ1) is 15.1. The summed E-state index contributed by atoms with van der Waals surface area (Å²) in [5, 5.41) is 0. The lowest BCUT2D eigenvalue weighted by Crippen LogP contribution is -2.48. The third-order valence-electron chi connectivity index (χ3n) is 3.24. The number of sulfonamides is 1. The molecule has 1 fully saturated rings. The highest BCUT2D eigenvalue weighted by Crippen LogP contribution is 2.27. The van der Waals surface area contributed by atoms with E-state index in [0.717, 1.165) is 15.7 Å². The fourth-order valence-corrected chi connectivity index (χ4v) is 3.61.